The van der Waals surface area contributed by atoms with Crippen LogP contribution in [0.4, 0.5) is 0 Å². The predicted molar refractivity (Wildman–Crippen MR) is 80.0 cm³/mol. The van der Waals surface area contributed by atoms with Crippen LogP contribution in [0.25, 0.3) is 5.69 Å². The van der Waals surface area contributed by atoms with Gasteiger partial charge in [0.25, 0.3) is 0 Å². The average Bonchev–Trinajstić information content (AvgIpc) is 2.65. The second kappa shape index (κ2) is 5.59. The van der Waals surface area contributed by atoms with Gasteiger partial charge in [-0.15, -0.1) is 11.6 Å². The van der Waals surface area contributed by atoms with Gasteiger partial charge in [-0.2, -0.15) is 5.10 Å². The largest absolute Gasteiger partial charge is 0.239 e. The third-order valence-electron chi connectivity index (χ3n) is 2.94. The highest BCUT2D eigenvalue weighted by atomic mass is 79.9. The van der Waals surface area contributed by atoms with Gasteiger partial charge in [0.2, 0.25) is 0 Å². The molecule has 6 heteroatoms. The Morgan fingerprint density at radius 2 is 2.05 bits per heavy atom. The molecule has 0 aliphatic carbocycles. The van der Waals surface area contributed by atoms with Crippen molar-refractivity contribution in [3.8, 4) is 5.69 Å². The van der Waals surface area contributed by atoms with E-state index in [9.17, 15) is 0 Å². The molecule has 0 amide bonds. The van der Waals surface area contributed by atoms with Gasteiger partial charge in [0, 0.05) is 5.92 Å². The summed E-state index contributed by atoms with van der Waals surface area (Å²) in [6.45, 7) is 8.08. The molecule has 0 aliphatic heterocycles. The van der Waals surface area contributed by atoms with Crippen molar-refractivity contribution < 1.29 is 0 Å². The van der Waals surface area contributed by atoms with Crippen LogP contribution in [0.5, 0.6) is 0 Å². The quantitative estimate of drug-likeness (QED) is 0.794. The molecule has 0 radical (unpaired) electrons. The SMILES string of the molecule is Cc1nn(-c2cnc(C(C)C)nc2CCl)c(C)c1Br. The maximum atomic E-state index is 6.01. The van der Waals surface area contributed by atoms with Crippen molar-refractivity contribution in [2.45, 2.75) is 39.5 Å². The molecule has 0 saturated carbocycles. The zero-order valence-corrected chi connectivity index (χ0v) is 13.7. The number of hydrogen-bond acceptors (Lipinski definition) is 3. The van der Waals surface area contributed by atoms with Crippen molar-refractivity contribution in [3.05, 3.63) is 33.6 Å². The number of hydrogen-bond donors (Lipinski definition) is 0. The van der Waals surface area contributed by atoms with Gasteiger partial charge in [0.05, 0.1) is 33.6 Å². The standard InChI is InChI=1S/C13H16BrClN4/c1-7(2)13-16-6-11(10(5-15)17-13)19-9(4)12(14)8(3)18-19/h6-7H,5H2,1-4H3. The monoisotopic (exact) mass is 342 g/mol. The van der Waals surface area contributed by atoms with E-state index in [4.69, 9.17) is 11.6 Å². The smallest absolute Gasteiger partial charge is 0.131 e. The van der Waals surface area contributed by atoms with E-state index in [0.717, 1.165) is 33.1 Å². The van der Waals surface area contributed by atoms with Gasteiger partial charge in [-0.25, -0.2) is 14.6 Å². The molecule has 0 fully saturated rings. The molecule has 0 unspecified atom stereocenters. The van der Waals surface area contributed by atoms with E-state index < -0.39 is 0 Å². The van der Waals surface area contributed by atoms with E-state index in [1.54, 1.807) is 6.20 Å². The normalized spacial score (nSPS) is 11.3. The van der Waals surface area contributed by atoms with Gasteiger partial charge >= 0.3 is 0 Å². The van der Waals surface area contributed by atoms with Gasteiger partial charge in [-0.05, 0) is 29.8 Å². The molecule has 4 nitrogen and oxygen atoms in total. The first-order valence-corrected chi connectivity index (χ1v) is 7.42. The van der Waals surface area contributed by atoms with Gasteiger partial charge < -0.3 is 0 Å². The Bertz CT molecular complexity index is 607. The molecule has 0 bridgehead atoms. The van der Waals surface area contributed by atoms with Gasteiger partial charge in [-0.1, -0.05) is 13.8 Å². The fourth-order valence-electron chi connectivity index (χ4n) is 1.84. The number of alkyl halides is 1. The molecule has 0 aliphatic rings. The lowest BCUT2D eigenvalue weighted by molar-refractivity contribution is 0.742. The summed E-state index contributed by atoms with van der Waals surface area (Å²) >= 11 is 9.54. The van der Waals surface area contributed by atoms with Crippen LogP contribution in [-0.2, 0) is 5.88 Å². The first-order chi connectivity index (χ1) is 8.95. The zero-order chi connectivity index (χ0) is 14.2. The Morgan fingerprint density at radius 3 is 2.53 bits per heavy atom. The van der Waals surface area contributed by atoms with Crippen LogP contribution in [0.1, 0.15) is 42.7 Å². The molecule has 0 spiro atoms. The van der Waals surface area contributed by atoms with Crippen molar-refractivity contribution in [1.29, 1.82) is 0 Å². The molecular formula is C13H16BrClN4. The minimum Gasteiger partial charge on any atom is -0.239 e. The third-order valence-corrected chi connectivity index (χ3v) is 4.34. The zero-order valence-electron chi connectivity index (χ0n) is 11.4. The Kier molecular flexibility index (Phi) is 4.26. The maximum absolute atomic E-state index is 6.01. The predicted octanol–water partition coefficient (Wildman–Crippen LogP) is 3.90. The minimum atomic E-state index is 0.281. The highest BCUT2D eigenvalue weighted by molar-refractivity contribution is 9.10. The Labute approximate surface area is 126 Å². The second-order valence-corrected chi connectivity index (χ2v) is 5.81. The molecule has 2 aromatic heterocycles. The highest BCUT2D eigenvalue weighted by Gasteiger charge is 2.15. The van der Waals surface area contributed by atoms with E-state index in [1.807, 2.05) is 18.5 Å². The maximum Gasteiger partial charge on any atom is 0.131 e. The van der Waals surface area contributed by atoms with Crippen molar-refractivity contribution in [1.82, 2.24) is 19.7 Å². The Balaban J connectivity index is 2.58. The Morgan fingerprint density at radius 1 is 1.37 bits per heavy atom. The summed E-state index contributed by atoms with van der Waals surface area (Å²) in [5, 5.41) is 4.49. The fraction of sp³-hybridized carbons (Fsp3) is 0.462. The van der Waals surface area contributed by atoms with E-state index in [-0.39, 0.29) is 5.92 Å². The minimum absolute atomic E-state index is 0.281. The molecule has 0 aromatic carbocycles. The molecule has 0 atom stereocenters. The van der Waals surface area contributed by atoms with Crippen molar-refractivity contribution >= 4 is 27.5 Å². The molecular weight excluding hydrogens is 328 g/mol. The number of aryl methyl sites for hydroxylation is 1. The second-order valence-electron chi connectivity index (χ2n) is 4.75. The lowest BCUT2D eigenvalue weighted by Crippen LogP contribution is -2.09. The number of halogens is 2. The summed E-state index contributed by atoms with van der Waals surface area (Å²) in [7, 11) is 0. The third kappa shape index (κ3) is 2.67. The van der Waals surface area contributed by atoms with E-state index in [1.165, 1.54) is 0 Å². The molecule has 2 heterocycles. The van der Waals surface area contributed by atoms with E-state index in [0.29, 0.717) is 5.88 Å². The summed E-state index contributed by atoms with van der Waals surface area (Å²) in [4.78, 5) is 8.93. The van der Waals surface area contributed by atoms with Crippen molar-refractivity contribution in [3.63, 3.8) is 0 Å². The number of nitrogens with zero attached hydrogens (tertiary/aromatic N) is 4. The molecule has 2 rings (SSSR count). The Hall–Kier alpha value is -0.940. The van der Waals surface area contributed by atoms with Crippen LogP contribution in [0.3, 0.4) is 0 Å². The lowest BCUT2D eigenvalue weighted by Gasteiger charge is -2.11. The van der Waals surface area contributed by atoms with Crippen LogP contribution in [0.15, 0.2) is 10.7 Å². The van der Waals surface area contributed by atoms with Crippen LogP contribution in [-0.4, -0.2) is 19.7 Å². The molecule has 19 heavy (non-hydrogen) atoms. The average molecular weight is 344 g/mol. The summed E-state index contributed by atoms with van der Waals surface area (Å²) in [5.74, 6) is 1.43. The van der Waals surface area contributed by atoms with Gasteiger partial charge in [-0.3, -0.25) is 0 Å². The number of aromatic nitrogens is 4. The lowest BCUT2D eigenvalue weighted by atomic mass is 10.2. The highest BCUT2D eigenvalue weighted by Crippen LogP contribution is 2.25. The van der Waals surface area contributed by atoms with Crippen molar-refractivity contribution in [2.24, 2.45) is 0 Å². The van der Waals surface area contributed by atoms with Crippen molar-refractivity contribution in [2.75, 3.05) is 0 Å². The first-order valence-electron chi connectivity index (χ1n) is 6.09. The summed E-state index contributed by atoms with van der Waals surface area (Å²) in [5.41, 5.74) is 3.60. The molecule has 0 N–H and O–H groups in total. The van der Waals surface area contributed by atoms with Crippen LogP contribution in [0, 0.1) is 13.8 Å². The van der Waals surface area contributed by atoms with Gasteiger partial charge in [0.15, 0.2) is 0 Å². The molecule has 0 saturated heterocycles. The van der Waals surface area contributed by atoms with Crippen LogP contribution < -0.4 is 0 Å². The number of rotatable bonds is 3. The van der Waals surface area contributed by atoms with Gasteiger partial charge in [0.1, 0.15) is 11.5 Å². The fourth-order valence-corrected chi connectivity index (χ4v) is 2.28. The summed E-state index contributed by atoms with van der Waals surface area (Å²) in [6.07, 6.45) is 1.80. The van der Waals surface area contributed by atoms with Crippen LogP contribution in [0.2, 0.25) is 0 Å². The molecule has 2 aromatic rings. The summed E-state index contributed by atoms with van der Waals surface area (Å²) in [6, 6.07) is 0. The molecule has 102 valence electrons. The topological polar surface area (TPSA) is 43.6 Å². The summed E-state index contributed by atoms with van der Waals surface area (Å²) < 4.78 is 2.84. The van der Waals surface area contributed by atoms with Crippen LogP contribution >= 0.6 is 27.5 Å². The van der Waals surface area contributed by atoms with E-state index >= 15 is 0 Å². The van der Waals surface area contributed by atoms with E-state index in [2.05, 4.69) is 44.8 Å². The first kappa shape index (κ1) is 14.5.